The molecule has 1 heterocycles. The van der Waals surface area contributed by atoms with E-state index in [1.54, 1.807) is 6.20 Å². The Labute approximate surface area is 141 Å². The number of benzene rings is 2. The number of aliphatic carboxylic acids is 1. The maximum absolute atomic E-state index is 13.7. The molecule has 0 saturated carbocycles. The van der Waals surface area contributed by atoms with E-state index in [4.69, 9.17) is 0 Å². The van der Waals surface area contributed by atoms with Crippen LogP contribution in [0.3, 0.4) is 0 Å². The summed E-state index contributed by atoms with van der Waals surface area (Å²) in [6, 6.07) is 9.20. The lowest BCUT2D eigenvalue weighted by atomic mass is 10.0. The van der Waals surface area contributed by atoms with Crippen molar-refractivity contribution in [1.82, 2.24) is 10.3 Å². The van der Waals surface area contributed by atoms with E-state index in [2.05, 4.69) is 10.3 Å². The van der Waals surface area contributed by atoms with Gasteiger partial charge in [-0.15, -0.1) is 0 Å². The second kappa shape index (κ2) is 6.72. The van der Waals surface area contributed by atoms with Gasteiger partial charge in [-0.25, -0.2) is 13.6 Å². The van der Waals surface area contributed by atoms with Gasteiger partial charge in [-0.05, 0) is 23.8 Å². The zero-order chi connectivity index (χ0) is 18.0. The highest BCUT2D eigenvalue weighted by molar-refractivity contribution is 5.97. The molecule has 0 fully saturated rings. The summed E-state index contributed by atoms with van der Waals surface area (Å²) in [5.41, 5.74) is 0.998. The first kappa shape index (κ1) is 16.6. The molecule has 3 aromatic rings. The minimum absolute atomic E-state index is 0.00201. The van der Waals surface area contributed by atoms with E-state index < -0.39 is 35.1 Å². The number of para-hydroxylation sites is 1. The molecule has 3 N–H and O–H groups in total. The first-order valence-electron chi connectivity index (χ1n) is 7.50. The molecular weight excluding hydrogens is 330 g/mol. The third kappa shape index (κ3) is 3.35. The summed E-state index contributed by atoms with van der Waals surface area (Å²) in [6.07, 6.45) is 1.66. The number of aromatic nitrogens is 1. The number of aromatic amines is 1. The van der Waals surface area contributed by atoms with Crippen molar-refractivity contribution >= 4 is 22.8 Å². The van der Waals surface area contributed by atoms with Crippen molar-refractivity contribution in [3.8, 4) is 0 Å². The fourth-order valence-electron chi connectivity index (χ4n) is 2.64. The van der Waals surface area contributed by atoms with Crippen LogP contribution in [0, 0.1) is 11.6 Å². The monoisotopic (exact) mass is 344 g/mol. The summed E-state index contributed by atoms with van der Waals surface area (Å²) in [5, 5.41) is 12.4. The number of carbonyl (C=O) groups excluding carboxylic acids is 1. The SMILES string of the molecule is O=C(N[C@H](Cc1c[nH]c2ccccc12)C(=O)O)c1cccc(F)c1F. The van der Waals surface area contributed by atoms with E-state index in [9.17, 15) is 23.5 Å². The Morgan fingerprint density at radius 2 is 1.88 bits per heavy atom. The number of hydrogen-bond donors (Lipinski definition) is 3. The van der Waals surface area contributed by atoms with Crippen molar-refractivity contribution in [2.24, 2.45) is 0 Å². The number of nitrogens with one attached hydrogen (secondary N) is 2. The Bertz CT molecular complexity index is 952. The highest BCUT2D eigenvalue weighted by Gasteiger charge is 2.24. The number of halogens is 2. The Hall–Kier alpha value is -3.22. The van der Waals surface area contributed by atoms with Gasteiger partial charge in [-0.2, -0.15) is 0 Å². The van der Waals surface area contributed by atoms with Crippen LogP contribution in [-0.2, 0) is 11.2 Å². The molecule has 0 aliphatic rings. The molecule has 0 bridgehead atoms. The van der Waals surface area contributed by atoms with Gasteiger partial charge in [-0.1, -0.05) is 24.3 Å². The third-order valence-corrected chi connectivity index (χ3v) is 3.90. The predicted octanol–water partition coefficient (Wildman–Crippen LogP) is 2.87. The largest absolute Gasteiger partial charge is 0.480 e. The Balaban J connectivity index is 1.83. The third-order valence-electron chi connectivity index (χ3n) is 3.90. The van der Waals surface area contributed by atoms with Crippen LogP contribution in [0.25, 0.3) is 10.9 Å². The van der Waals surface area contributed by atoms with Gasteiger partial charge in [0.15, 0.2) is 11.6 Å². The summed E-state index contributed by atoms with van der Waals surface area (Å²) >= 11 is 0. The molecule has 0 unspecified atom stereocenters. The molecule has 0 aliphatic carbocycles. The molecule has 0 radical (unpaired) electrons. The topological polar surface area (TPSA) is 82.2 Å². The standard InChI is InChI=1S/C18H14F2N2O3/c19-13-6-3-5-12(16(13)20)17(23)22-15(18(24)25)8-10-9-21-14-7-2-1-4-11(10)14/h1-7,9,15,21H,8H2,(H,22,23)(H,24,25)/t15-/m1/s1. The summed E-state index contributed by atoms with van der Waals surface area (Å²) in [7, 11) is 0. The van der Waals surface area contributed by atoms with Crippen LogP contribution < -0.4 is 5.32 Å². The van der Waals surface area contributed by atoms with E-state index in [1.807, 2.05) is 24.3 Å². The molecule has 1 amide bonds. The van der Waals surface area contributed by atoms with Crippen molar-refractivity contribution in [3.05, 3.63) is 71.4 Å². The van der Waals surface area contributed by atoms with Crippen LogP contribution in [0.1, 0.15) is 15.9 Å². The van der Waals surface area contributed by atoms with Crippen molar-refractivity contribution in [2.75, 3.05) is 0 Å². The summed E-state index contributed by atoms with van der Waals surface area (Å²) in [5.74, 6) is -4.73. The molecule has 0 spiro atoms. The van der Waals surface area contributed by atoms with Gasteiger partial charge in [0.05, 0.1) is 5.56 Å². The summed E-state index contributed by atoms with van der Waals surface area (Å²) in [6.45, 7) is 0. The number of rotatable bonds is 5. The maximum Gasteiger partial charge on any atom is 0.326 e. The molecule has 0 aliphatic heterocycles. The molecule has 25 heavy (non-hydrogen) atoms. The van der Waals surface area contributed by atoms with Crippen molar-refractivity contribution in [1.29, 1.82) is 0 Å². The number of amides is 1. The lowest BCUT2D eigenvalue weighted by Crippen LogP contribution is -2.42. The zero-order valence-electron chi connectivity index (χ0n) is 12.9. The molecule has 0 saturated heterocycles. The molecule has 2 aromatic carbocycles. The minimum atomic E-state index is -1.31. The van der Waals surface area contributed by atoms with E-state index in [-0.39, 0.29) is 6.42 Å². The molecule has 3 rings (SSSR count). The second-order valence-electron chi connectivity index (χ2n) is 5.53. The van der Waals surface area contributed by atoms with Gasteiger partial charge in [0, 0.05) is 23.5 Å². The summed E-state index contributed by atoms with van der Waals surface area (Å²) in [4.78, 5) is 26.6. The van der Waals surface area contributed by atoms with Crippen molar-refractivity contribution in [2.45, 2.75) is 12.5 Å². The summed E-state index contributed by atoms with van der Waals surface area (Å²) < 4.78 is 26.9. The normalized spacial score (nSPS) is 12.1. The zero-order valence-corrected chi connectivity index (χ0v) is 12.9. The minimum Gasteiger partial charge on any atom is -0.480 e. The van der Waals surface area contributed by atoms with Gasteiger partial charge in [0.2, 0.25) is 0 Å². The Morgan fingerprint density at radius 3 is 2.64 bits per heavy atom. The van der Waals surface area contributed by atoms with Crippen LogP contribution in [0.2, 0.25) is 0 Å². The van der Waals surface area contributed by atoms with E-state index in [0.717, 1.165) is 23.0 Å². The molecule has 7 heteroatoms. The van der Waals surface area contributed by atoms with Gasteiger partial charge in [0.1, 0.15) is 6.04 Å². The highest BCUT2D eigenvalue weighted by atomic mass is 19.2. The molecule has 1 aromatic heterocycles. The average Bonchev–Trinajstić information content (AvgIpc) is 2.99. The second-order valence-corrected chi connectivity index (χ2v) is 5.53. The van der Waals surface area contributed by atoms with Crippen LogP contribution in [0.5, 0.6) is 0 Å². The van der Waals surface area contributed by atoms with Crippen LogP contribution in [0.4, 0.5) is 8.78 Å². The lowest BCUT2D eigenvalue weighted by Gasteiger charge is -2.14. The number of carbonyl (C=O) groups is 2. The van der Waals surface area contributed by atoms with E-state index >= 15 is 0 Å². The van der Waals surface area contributed by atoms with Gasteiger partial charge in [0.25, 0.3) is 5.91 Å². The number of carboxylic acid groups (broad SMARTS) is 1. The van der Waals surface area contributed by atoms with Gasteiger partial charge < -0.3 is 15.4 Å². The van der Waals surface area contributed by atoms with Crippen LogP contribution >= 0.6 is 0 Å². The smallest absolute Gasteiger partial charge is 0.326 e. The average molecular weight is 344 g/mol. The van der Waals surface area contributed by atoms with Gasteiger partial charge in [-0.3, -0.25) is 4.79 Å². The Kier molecular flexibility index (Phi) is 4.47. The first-order chi connectivity index (χ1) is 12.0. The molecule has 5 nitrogen and oxygen atoms in total. The molecular formula is C18H14F2N2O3. The van der Waals surface area contributed by atoms with Crippen LogP contribution in [-0.4, -0.2) is 28.0 Å². The Morgan fingerprint density at radius 1 is 1.12 bits per heavy atom. The van der Waals surface area contributed by atoms with E-state index in [0.29, 0.717) is 5.56 Å². The fraction of sp³-hybridized carbons (Fsp3) is 0.111. The molecule has 1 atom stereocenters. The highest BCUT2D eigenvalue weighted by Crippen LogP contribution is 2.19. The lowest BCUT2D eigenvalue weighted by molar-refractivity contribution is -0.139. The van der Waals surface area contributed by atoms with Gasteiger partial charge >= 0.3 is 5.97 Å². The predicted molar refractivity (Wildman–Crippen MR) is 87.3 cm³/mol. The van der Waals surface area contributed by atoms with Crippen molar-refractivity contribution in [3.63, 3.8) is 0 Å². The fourth-order valence-corrected chi connectivity index (χ4v) is 2.64. The van der Waals surface area contributed by atoms with Crippen molar-refractivity contribution < 1.29 is 23.5 Å². The quantitative estimate of drug-likeness (QED) is 0.666. The molecule has 128 valence electrons. The number of fused-ring (bicyclic) bond motifs is 1. The van der Waals surface area contributed by atoms with Crippen LogP contribution in [0.15, 0.2) is 48.7 Å². The number of hydrogen-bond acceptors (Lipinski definition) is 2. The number of carboxylic acids is 1. The first-order valence-corrected chi connectivity index (χ1v) is 7.50. The number of H-pyrrole nitrogens is 1. The van der Waals surface area contributed by atoms with E-state index in [1.165, 1.54) is 6.07 Å². The maximum atomic E-state index is 13.7.